The van der Waals surface area contributed by atoms with Crippen LogP contribution in [0.25, 0.3) is 5.69 Å². The Labute approximate surface area is 184 Å². The molecule has 0 saturated carbocycles. The number of benzene rings is 2. The van der Waals surface area contributed by atoms with Crippen LogP contribution in [0.3, 0.4) is 0 Å². The molecule has 0 saturated heterocycles. The van der Waals surface area contributed by atoms with E-state index in [0.29, 0.717) is 10.8 Å². The SMILES string of the molecule is Cc1ccc(C(=O)O)cc1-n1c(C)cc(/C=N\NC(=O)COc2ccccc2Cl)c1C. The second kappa shape index (κ2) is 9.49. The molecule has 0 spiro atoms. The molecule has 3 rings (SSSR count). The third-order valence-corrected chi connectivity index (χ3v) is 5.07. The second-order valence-corrected chi connectivity index (χ2v) is 7.39. The van der Waals surface area contributed by atoms with E-state index >= 15 is 0 Å². The van der Waals surface area contributed by atoms with Crippen LogP contribution in [-0.4, -0.2) is 34.4 Å². The fraction of sp³-hybridized carbons (Fsp3) is 0.174. The topological polar surface area (TPSA) is 92.9 Å². The van der Waals surface area contributed by atoms with Crippen LogP contribution in [0.2, 0.25) is 5.02 Å². The Morgan fingerprint density at radius 2 is 1.90 bits per heavy atom. The Morgan fingerprint density at radius 3 is 2.61 bits per heavy atom. The number of carboxylic acids is 1. The number of para-hydroxylation sites is 1. The van der Waals surface area contributed by atoms with Crippen molar-refractivity contribution in [1.82, 2.24) is 9.99 Å². The maximum Gasteiger partial charge on any atom is 0.335 e. The van der Waals surface area contributed by atoms with Gasteiger partial charge in [0.05, 0.1) is 16.8 Å². The zero-order chi connectivity index (χ0) is 22.5. The van der Waals surface area contributed by atoms with Gasteiger partial charge in [0, 0.05) is 22.6 Å². The summed E-state index contributed by atoms with van der Waals surface area (Å²) in [6.45, 7) is 5.53. The predicted molar refractivity (Wildman–Crippen MR) is 120 cm³/mol. The number of hydrazone groups is 1. The number of hydrogen-bond acceptors (Lipinski definition) is 4. The number of halogens is 1. The van der Waals surface area contributed by atoms with Gasteiger partial charge in [-0.25, -0.2) is 10.2 Å². The minimum Gasteiger partial charge on any atom is -0.482 e. The van der Waals surface area contributed by atoms with Gasteiger partial charge in [-0.2, -0.15) is 5.10 Å². The molecule has 1 heterocycles. The summed E-state index contributed by atoms with van der Waals surface area (Å²) in [5.74, 6) is -0.979. The van der Waals surface area contributed by atoms with Crippen LogP contribution in [0.1, 0.15) is 32.9 Å². The lowest BCUT2D eigenvalue weighted by molar-refractivity contribution is -0.123. The minimum absolute atomic E-state index is 0.217. The van der Waals surface area contributed by atoms with E-state index in [1.54, 1.807) is 48.7 Å². The molecule has 8 heteroatoms. The summed E-state index contributed by atoms with van der Waals surface area (Å²) in [6.07, 6.45) is 1.54. The van der Waals surface area contributed by atoms with Gasteiger partial charge in [-0.15, -0.1) is 0 Å². The van der Waals surface area contributed by atoms with E-state index in [4.69, 9.17) is 16.3 Å². The first-order valence-electron chi connectivity index (χ1n) is 9.50. The molecule has 0 aliphatic heterocycles. The molecule has 1 amide bonds. The van der Waals surface area contributed by atoms with Gasteiger partial charge in [0.15, 0.2) is 6.61 Å². The van der Waals surface area contributed by atoms with Gasteiger partial charge in [-0.05, 0) is 56.7 Å². The van der Waals surface area contributed by atoms with Gasteiger partial charge in [-0.3, -0.25) is 4.79 Å². The Kier molecular flexibility index (Phi) is 6.77. The summed E-state index contributed by atoms with van der Waals surface area (Å²) in [5.41, 5.74) is 6.95. The summed E-state index contributed by atoms with van der Waals surface area (Å²) in [5, 5.41) is 13.7. The lowest BCUT2D eigenvalue weighted by Crippen LogP contribution is -2.24. The van der Waals surface area contributed by atoms with E-state index in [1.165, 1.54) is 0 Å². The van der Waals surface area contributed by atoms with Crippen molar-refractivity contribution < 1.29 is 19.4 Å². The number of carbonyl (C=O) groups excluding carboxylic acids is 1. The molecule has 2 N–H and O–H groups in total. The molecule has 0 aliphatic rings. The van der Waals surface area contributed by atoms with E-state index < -0.39 is 11.9 Å². The lowest BCUT2D eigenvalue weighted by atomic mass is 10.1. The molecule has 1 aromatic heterocycles. The quantitative estimate of drug-likeness (QED) is 0.424. The number of nitrogens with one attached hydrogen (secondary N) is 1. The van der Waals surface area contributed by atoms with Crippen LogP contribution in [0.15, 0.2) is 53.6 Å². The molecule has 0 fully saturated rings. The molecular weight excluding hydrogens is 418 g/mol. The van der Waals surface area contributed by atoms with E-state index in [1.807, 2.05) is 31.4 Å². The van der Waals surface area contributed by atoms with Crippen molar-refractivity contribution in [2.24, 2.45) is 5.10 Å². The molecule has 31 heavy (non-hydrogen) atoms. The lowest BCUT2D eigenvalue weighted by Gasteiger charge is -2.13. The Balaban J connectivity index is 1.72. The zero-order valence-corrected chi connectivity index (χ0v) is 18.1. The third-order valence-electron chi connectivity index (χ3n) is 4.76. The normalized spacial score (nSPS) is 11.0. The van der Waals surface area contributed by atoms with Crippen LogP contribution < -0.4 is 10.2 Å². The van der Waals surface area contributed by atoms with Gasteiger partial charge in [0.2, 0.25) is 0 Å². The molecule has 160 valence electrons. The summed E-state index contributed by atoms with van der Waals surface area (Å²) in [7, 11) is 0. The number of nitrogens with zero attached hydrogens (tertiary/aromatic N) is 2. The molecule has 0 radical (unpaired) electrons. The van der Waals surface area contributed by atoms with Crippen molar-refractivity contribution in [2.75, 3.05) is 6.61 Å². The zero-order valence-electron chi connectivity index (χ0n) is 17.3. The van der Waals surface area contributed by atoms with Gasteiger partial charge >= 0.3 is 5.97 Å². The second-order valence-electron chi connectivity index (χ2n) is 6.98. The number of carbonyl (C=O) groups is 2. The van der Waals surface area contributed by atoms with Crippen LogP contribution in [0.4, 0.5) is 0 Å². The summed E-state index contributed by atoms with van der Waals surface area (Å²) < 4.78 is 7.34. The van der Waals surface area contributed by atoms with E-state index in [-0.39, 0.29) is 12.2 Å². The smallest absolute Gasteiger partial charge is 0.335 e. The van der Waals surface area contributed by atoms with Crippen molar-refractivity contribution in [3.8, 4) is 11.4 Å². The van der Waals surface area contributed by atoms with Gasteiger partial charge in [0.1, 0.15) is 5.75 Å². The van der Waals surface area contributed by atoms with E-state index in [9.17, 15) is 14.7 Å². The van der Waals surface area contributed by atoms with Gasteiger partial charge in [0.25, 0.3) is 5.91 Å². The van der Waals surface area contributed by atoms with Crippen molar-refractivity contribution in [1.29, 1.82) is 0 Å². The molecule has 0 aliphatic carbocycles. The first-order chi connectivity index (χ1) is 14.8. The van der Waals surface area contributed by atoms with Crippen LogP contribution in [0.5, 0.6) is 5.75 Å². The number of hydrogen-bond donors (Lipinski definition) is 2. The Bertz CT molecular complexity index is 1170. The highest BCUT2D eigenvalue weighted by Crippen LogP contribution is 2.24. The van der Waals surface area contributed by atoms with Crippen LogP contribution >= 0.6 is 11.6 Å². The highest BCUT2D eigenvalue weighted by molar-refractivity contribution is 6.32. The number of amides is 1. The fourth-order valence-electron chi connectivity index (χ4n) is 3.18. The third kappa shape index (κ3) is 5.13. The monoisotopic (exact) mass is 439 g/mol. The Hall–Kier alpha value is -3.58. The molecule has 3 aromatic rings. The summed E-state index contributed by atoms with van der Waals surface area (Å²) >= 11 is 5.99. The summed E-state index contributed by atoms with van der Waals surface area (Å²) in [4.78, 5) is 23.3. The molecule has 2 aromatic carbocycles. The molecule has 7 nitrogen and oxygen atoms in total. The number of aromatic carboxylic acids is 1. The van der Waals surface area contributed by atoms with Gasteiger partial charge < -0.3 is 14.4 Å². The van der Waals surface area contributed by atoms with Crippen LogP contribution in [0, 0.1) is 20.8 Å². The fourth-order valence-corrected chi connectivity index (χ4v) is 3.37. The largest absolute Gasteiger partial charge is 0.482 e. The first-order valence-corrected chi connectivity index (χ1v) is 9.88. The van der Waals surface area contributed by atoms with E-state index in [2.05, 4.69) is 10.5 Å². The van der Waals surface area contributed by atoms with Gasteiger partial charge in [-0.1, -0.05) is 29.8 Å². The maximum absolute atomic E-state index is 12.0. The molecule has 0 atom stereocenters. The highest BCUT2D eigenvalue weighted by atomic mass is 35.5. The predicted octanol–water partition coefficient (Wildman–Crippen LogP) is 4.28. The Morgan fingerprint density at radius 1 is 1.16 bits per heavy atom. The first kappa shape index (κ1) is 22.1. The number of rotatable bonds is 7. The number of aryl methyl sites for hydroxylation is 2. The number of ether oxygens (including phenoxy) is 1. The van der Waals surface area contributed by atoms with Crippen molar-refractivity contribution >= 4 is 29.7 Å². The van der Waals surface area contributed by atoms with E-state index in [0.717, 1.165) is 28.2 Å². The number of aromatic nitrogens is 1. The average molecular weight is 440 g/mol. The minimum atomic E-state index is -0.979. The standard InChI is InChI=1S/C23H22ClN3O4/c1-14-8-9-17(23(29)30)11-20(14)27-15(2)10-18(16(27)3)12-25-26-22(28)13-31-21-7-5-4-6-19(21)24/h4-12H,13H2,1-3H3,(H,26,28)(H,29,30)/b25-12-. The van der Waals surface area contributed by atoms with Crippen molar-refractivity contribution in [3.05, 3.63) is 81.6 Å². The summed E-state index contributed by atoms with van der Waals surface area (Å²) in [6, 6.07) is 13.8. The number of carboxylic acid groups (broad SMARTS) is 1. The average Bonchev–Trinajstić information content (AvgIpc) is 3.01. The van der Waals surface area contributed by atoms with Crippen molar-refractivity contribution in [2.45, 2.75) is 20.8 Å². The highest BCUT2D eigenvalue weighted by Gasteiger charge is 2.14. The molecular formula is C23H22ClN3O4. The molecule has 0 unspecified atom stereocenters. The molecule has 0 bridgehead atoms. The van der Waals surface area contributed by atoms with Crippen molar-refractivity contribution in [3.63, 3.8) is 0 Å². The maximum atomic E-state index is 12.0. The van der Waals surface area contributed by atoms with Crippen LogP contribution in [-0.2, 0) is 4.79 Å².